The first-order valence-electron chi connectivity index (χ1n) is 13.6. The van der Waals surface area contributed by atoms with Crippen molar-refractivity contribution in [1.82, 2.24) is 10.2 Å². The largest absolute Gasteiger partial charge is 0.494 e. The third-order valence-electron chi connectivity index (χ3n) is 7.51. The number of carbonyl (C=O) groups is 2. The molecule has 2 N–H and O–H groups in total. The van der Waals surface area contributed by atoms with Gasteiger partial charge in [-0.15, -0.1) is 0 Å². The highest BCUT2D eigenvalue weighted by Gasteiger charge is 2.36. The molecule has 0 aromatic heterocycles. The van der Waals surface area contributed by atoms with Crippen molar-refractivity contribution in [1.29, 1.82) is 0 Å². The van der Waals surface area contributed by atoms with Crippen LogP contribution in [0.2, 0.25) is 0 Å². The maximum Gasteiger partial charge on any atom is 0.348 e. The molecule has 0 bridgehead atoms. The maximum absolute atomic E-state index is 12.7. The molecule has 3 atom stereocenters. The standard InChI is InChI=1S/C33H34N2O5/c1-23(26-15-14-25-8-6-7-9-27(25)20-26)35-28(22-34-32(35)38)18-19-39-29-16-12-24(13-17-29)21-33(2,31(36)37)40-30-10-4-3-5-11-30/h3-17,20,23,28H,18-19,21-22H2,1-2H3,(H,34,38)(H,36,37). The Kier molecular flexibility index (Phi) is 7.91. The van der Waals surface area contributed by atoms with Gasteiger partial charge in [-0.25, -0.2) is 9.59 Å². The SMILES string of the molecule is CC(c1ccc2ccccc2c1)N1C(=O)NCC1CCOc1ccc(CC(C)(Oc2ccccc2)C(=O)O)cc1. The lowest BCUT2D eigenvalue weighted by molar-refractivity contribution is -0.153. The molecule has 206 valence electrons. The Morgan fingerprint density at radius 1 is 0.975 bits per heavy atom. The molecule has 1 fully saturated rings. The minimum Gasteiger partial charge on any atom is -0.494 e. The average Bonchev–Trinajstić information content (AvgIpc) is 3.33. The number of amides is 2. The quantitative estimate of drug-likeness (QED) is 0.236. The molecule has 0 saturated carbocycles. The van der Waals surface area contributed by atoms with E-state index in [0.29, 0.717) is 31.1 Å². The zero-order chi connectivity index (χ0) is 28.1. The lowest BCUT2D eigenvalue weighted by atomic mass is 9.96. The number of urea groups is 1. The number of carbonyl (C=O) groups excluding carboxylic acids is 1. The molecule has 4 aromatic rings. The number of ether oxygens (including phenoxy) is 2. The number of nitrogens with one attached hydrogen (secondary N) is 1. The van der Waals surface area contributed by atoms with Crippen LogP contribution in [-0.2, 0) is 11.2 Å². The van der Waals surface area contributed by atoms with E-state index in [0.717, 1.165) is 16.5 Å². The van der Waals surface area contributed by atoms with Crippen molar-refractivity contribution in [2.24, 2.45) is 0 Å². The topological polar surface area (TPSA) is 88.1 Å². The van der Waals surface area contributed by atoms with E-state index in [2.05, 4.69) is 42.6 Å². The first-order chi connectivity index (χ1) is 19.3. The Labute approximate surface area is 234 Å². The van der Waals surface area contributed by atoms with Crippen LogP contribution < -0.4 is 14.8 Å². The Hall–Kier alpha value is -4.52. The van der Waals surface area contributed by atoms with Gasteiger partial charge in [0.2, 0.25) is 5.60 Å². The van der Waals surface area contributed by atoms with E-state index in [-0.39, 0.29) is 24.5 Å². The van der Waals surface area contributed by atoms with E-state index in [1.807, 2.05) is 59.5 Å². The molecule has 1 heterocycles. The van der Waals surface area contributed by atoms with Crippen molar-refractivity contribution in [2.45, 2.75) is 44.4 Å². The molecule has 1 aliphatic heterocycles. The van der Waals surface area contributed by atoms with E-state index in [9.17, 15) is 14.7 Å². The third kappa shape index (κ3) is 6.04. The number of para-hydroxylation sites is 1. The summed E-state index contributed by atoms with van der Waals surface area (Å²) >= 11 is 0. The van der Waals surface area contributed by atoms with Crippen molar-refractivity contribution in [3.63, 3.8) is 0 Å². The number of fused-ring (bicyclic) bond motifs is 1. The Balaban J connectivity index is 1.18. The number of hydrogen-bond donors (Lipinski definition) is 2. The van der Waals surface area contributed by atoms with Crippen LogP contribution in [-0.4, -0.2) is 46.8 Å². The fourth-order valence-corrected chi connectivity index (χ4v) is 5.23. The van der Waals surface area contributed by atoms with Crippen LogP contribution in [0.3, 0.4) is 0 Å². The predicted octanol–water partition coefficient (Wildman–Crippen LogP) is 6.23. The summed E-state index contributed by atoms with van der Waals surface area (Å²) in [7, 11) is 0. The molecule has 3 unspecified atom stereocenters. The molecule has 5 rings (SSSR count). The number of carboxylic acid groups (broad SMARTS) is 1. The van der Waals surface area contributed by atoms with E-state index in [1.165, 1.54) is 5.39 Å². The molecular weight excluding hydrogens is 504 g/mol. The van der Waals surface area contributed by atoms with Crippen molar-refractivity contribution >= 4 is 22.8 Å². The average molecular weight is 539 g/mol. The minimum atomic E-state index is -1.41. The van der Waals surface area contributed by atoms with Gasteiger partial charge < -0.3 is 24.8 Å². The van der Waals surface area contributed by atoms with Crippen molar-refractivity contribution in [3.05, 3.63) is 108 Å². The molecule has 7 nitrogen and oxygen atoms in total. The predicted molar refractivity (Wildman–Crippen MR) is 155 cm³/mol. The summed E-state index contributed by atoms with van der Waals surface area (Å²) in [5, 5.41) is 15.2. The highest BCUT2D eigenvalue weighted by molar-refractivity contribution is 5.83. The van der Waals surface area contributed by atoms with E-state index < -0.39 is 11.6 Å². The second kappa shape index (κ2) is 11.7. The Morgan fingerprint density at radius 3 is 2.40 bits per heavy atom. The van der Waals surface area contributed by atoms with Crippen LogP contribution in [0.4, 0.5) is 4.79 Å². The van der Waals surface area contributed by atoms with E-state index in [1.54, 1.807) is 19.1 Å². The number of nitrogens with zero attached hydrogens (tertiary/aromatic N) is 1. The normalized spacial score (nSPS) is 17.2. The number of aliphatic carboxylic acids is 1. The zero-order valence-corrected chi connectivity index (χ0v) is 22.7. The lowest BCUT2D eigenvalue weighted by Gasteiger charge is -2.30. The summed E-state index contributed by atoms with van der Waals surface area (Å²) in [6, 6.07) is 30.8. The molecular formula is C33H34N2O5. The van der Waals surface area contributed by atoms with Gasteiger partial charge >= 0.3 is 12.0 Å². The molecule has 0 radical (unpaired) electrons. The maximum atomic E-state index is 12.7. The second-order valence-electron chi connectivity index (χ2n) is 10.4. The molecule has 2 amide bonds. The van der Waals surface area contributed by atoms with Gasteiger partial charge in [-0.2, -0.15) is 0 Å². The van der Waals surface area contributed by atoms with Crippen LogP contribution in [0.15, 0.2) is 97.1 Å². The van der Waals surface area contributed by atoms with Crippen LogP contribution in [0, 0.1) is 0 Å². The molecule has 0 aliphatic carbocycles. The van der Waals surface area contributed by atoms with Crippen molar-refractivity contribution < 1.29 is 24.2 Å². The summed E-state index contributed by atoms with van der Waals surface area (Å²) < 4.78 is 11.9. The van der Waals surface area contributed by atoms with E-state index in [4.69, 9.17) is 9.47 Å². The summed E-state index contributed by atoms with van der Waals surface area (Å²) in [4.78, 5) is 26.7. The van der Waals surface area contributed by atoms with Gasteiger partial charge in [0.05, 0.1) is 18.7 Å². The van der Waals surface area contributed by atoms with Crippen LogP contribution in [0.25, 0.3) is 10.8 Å². The fraction of sp³-hybridized carbons (Fsp3) is 0.273. The number of hydrogen-bond acceptors (Lipinski definition) is 4. The van der Waals surface area contributed by atoms with Gasteiger partial charge in [0.15, 0.2) is 0 Å². The molecule has 40 heavy (non-hydrogen) atoms. The first-order valence-corrected chi connectivity index (χ1v) is 13.6. The third-order valence-corrected chi connectivity index (χ3v) is 7.51. The molecule has 4 aromatic carbocycles. The molecule has 1 saturated heterocycles. The molecule has 0 spiro atoms. The number of rotatable bonds is 11. The van der Waals surface area contributed by atoms with Crippen molar-refractivity contribution in [2.75, 3.05) is 13.2 Å². The van der Waals surface area contributed by atoms with Gasteiger partial charge in [0.25, 0.3) is 0 Å². The Morgan fingerprint density at radius 2 is 1.68 bits per heavy atom. The van der Waals surface area contributed by atoms with Gasteiger partial charge in [0, 0.05) is 19.4 Å². The second-order valence-corrected chi connectivity index (χ2v) is 10.4. The zero-order valence-electron chi connectivity index (χ0n) is 22.7. The highest BCUT2D eigenvalue weighted by Crippen LogP contribution is 2.29. The number of carboxylic acids is 1. The highest BCUT2D eigenvalue weighted by atomic mass is 16.5. The molecule has 1 aliphatic rings. The lowest BCUT2D eigenvalue weighted by Crippen LogP contribution is -2.43. The smallest absolute Gasteiger partial charge is 0.348 e. The Bertz CT molecular complexity index is 1470. The van der Waals surface area contributed by atoms with Crippen molar-refractivity contribution in [3.8, 4) is 11.5 Å². The van der Waals surface area contributed by atoms with Gasteiger partial charge in [-0.3, -0.25) is 0 Å². The summed E-state index contributed by atoms with van der Waals surface area (Å²) in [5.74, 6) is 0.172. The fourth-order valence-electron chi connectivity index (χ4n) is 5.23. The summed E-state index contributed by atoms with van der Waals surface area (Å²) in [6.07, 6.45) is 0.884. The van der Waals surface area contributed by atoms with Gasteiger partial charge in [-0.05, 0) is 66.1 Å². The molecule has 7 heteroatoms. The van der Waals surface area contributed by atoms with Gasteiger partial charge in [-0.1, -0.05) is 66.7 Å². The monoisotopic (exact) mass is 538 g/mol. The summed E-state index contributed by atoms with van der Waals surface area (Å²) in [5.41, 5.74) is 0.521. The minimum absolute atomic E-state index is 0.0136. The van der Waals surface area contributed by atoms with E-state index >= 15 is 0 Å². The first kappa shape index (κ1) is 27.1. The number of benzene rings is 4. The van der Waals surface area contributed by atoms with Crippen LogP contribution in [0.1, 0.15) is 37.4 Å². The van der Waals surface area contributed by atoms with Crippen LogP contribution >= 0.6 is 0 Å². The van der Waals surface area contributed by atoms with Gasteiger partial charge in [0.1, 0.15) is 11.5 Å². The summed E-state index contributed by atoms with van der Waals surface area (Å²) in [6.45, 7) is 4.67. The van der Waals surface area contributed by atoms with Crippen LogP contribution in [0.5, 0.6) is 11.5 Å².